The zero-order valence-corrected chi connectivity index (χ0v) is 13.9. The highest BCUT2D eigenvalue weighted by molar-refractivity contribution is 9.10. The molecular weight excluding hydrogens is 364 g/mol. The summed E-state index contributed by atoms with van der Waals surface area (Å²) in [5.74, 6) is -0.267. The summed E-state index contributed by atoms with van der Waals surface area (Å²) in [4.78, 5) is 0. The first-order valence-electron chi connectivity index (χ1n) is 6.16. The number of halogens is 4. The topological polar surface area (TPSA) is 12.0 Å². The van der Waals surface area contributed by atoms with Crippen molar-refractivity contribution in [3.05, 3.63) is 67.9 Å². The maximum atomic E-state index is 14.2. The first-order valence-corrected chi connectivity index (χ1v) is 7.71. The van der Waals surface area contributed by atoms with Gasteiger partial charge < -0.3 is 5.32 Å². The van der Waals surface area contributed by atoms with Gasteiger partial charge in [0, 0.05) is 10.0 Å². The van der Waals surface area contributed by atoms with Crippen molar-refractivity contribution in [3.8, 4) is 0 Å². The quantitative estimate of drug-likeness (QED) is 0.732. The Balaban J connectivity index is 2.47. The molecule has 0 fully saturated rings. The molecule has 0 amide bonds. The Morgan fingerprint density at radius 3 is 2.50 bits per heavy atom. The summed E-state index contributed by atoms with van der Waals surface area (Å²) < 4.78 is 14.9. The Morgan fingerprint density at radius 2 is 1.90 bits per heavy atom. The van der Waals surface area contributed by atoms with Gasteiger partial charge in [0.1, 0.15) is 5.82 Å². The molecule has 0 radical (unpaired) electrons. The first-order chi connectivity index (χ1) is 9.52. The number of nitrogens with one attached hydrogen (secondary N) is 1. The minimum absolute atomic E-state index is 0.261. The van der Waals surface area contributed by atoms with Crippen LogP contribution in [0.3, 0.4) is 0 Å². The van der Waals surface area contributed by atoms with Crippen molar-refractivity contribution >= 4 is 39.1 Å². The SMILES string of the molecule is CCNC(c1ccc(Cl)c(Cl)c1)c1ccc(Br)cc1F. The Morgan fingerprint density at radius 1 is 1.15 bits per heavy atom. The van der Waals surface area contributed by atoms with Gasteiger partial charge in [0.05, 0.1) is 16.1 Å². The van der Waals surface area contributed by atoms with Crippen molar-refractivity contribution in [1.29, 1.82) is 0 Å². The van der Waals surface area contributed by atoms with Gasteiger partial charge in [-0.25, -0.2) is 4.39 Å². The van der Waals surface area contributed by atoms with E-state index < -0.39 is 0 Å². The average molecular weight is 377 g/mol. The largest absolute Gasteiger partial charge is 0.306 e. The lowest BCUT2D eigenvalue weighted by Gasteiger charge is -2.20. The third-order valence-corrected chi connectivity index (χ3v) is 4.19. The molecule has 0 aliphatic rings. The average Bonchev–Trinajstić information content (AvgIpc) is 2.40. The van der Waals surface area contributed by atoms with E-state index in [4.69, 9.17) is 23.2 Å². The summed E-state index contributed by atoms with van der Waals surface area (Å²) in [7, 11) is 0. The fourth-order valence-electron chi connectivity index (χ4n) is 2.04. The van der Waals surface area contributed by atoms with Gasteiger partial charge in [-0.05, 0) is 36.4 Å². The van der Waals surface area contributed by atoms with Crippen molar-refractivity contribution in [2.24, 2.45) is 0 Å². The van der Waals surface area contributed by atoms with E-state index in [1.807, 2.05) is 19.1 Å². The van der Waals surface area contributed by atoms with Gasteiger partial charge in [-0.2, -0.15) is 0 Å². The van der Waals surface area contributed by atoms with Crippen molar-refractivity contribution in [2.75, 3.05) is 6.54 Å². The first kappa shape index (κ1) is 15.8. The van der Waals surface area contributed by atoms with Gasteiger partial charge in [-0.3, -0.25) is 0 Å². The molecule has 0 aromatic heterocycles. The highest BCUT2D eigenvalue weighted by Gasteiger charge is 2.18. The van der Waals surface area contributed by atoms with Gasteiger partial charge >= 0.3 is 0 Å². The number of hydrogen-bond acceptors (Lipinski definition) is 1. The highest BCUT2D eigenvalue weighted by atomic mass is 79.9. The van der Waals surface area contributed by atoms with Crippen LogP contribution in [-0.4, -0.2) is 6.54 Å². The predicted molar refractivity (Wildman–Crippen MR) is 86.1 cm³/mol. The maximum absolute atomic E-state index is 14.2. The van der Waals surface area contributed by atoms with Gasteiger partial charge in [-0.1, -0.05) is 58.2 Å². The minimum atomic E-state index is -0.267. The summed E-state index contributed by atoms with van der Waals surface area (Å²) in [6.07, 6.45) is 0. The smallest absolute Gasteiger partial charge is 0.129 e. The molecule has 1 atom stereocenters. The number of hydrogen-bond donors (Lipinski definition) is 1. The molecule has 0 saturated heterocycles. The van der Waals surface area contributed by atoms with E-state index in [0.29, 0.717) is 26.6 Å². The van der Waals surface area contributed by atoms with E-state index >= 15 is 0 Å². The molecule has 2 aromatic carbocycles. The highest BCUT2D eigenvalue weighted by Crippen LogP contribution is 2.30. The Hall–Kier alpha value is -0.610. The van der Waals surface area contributed by atoms with E-state index in [1.165, 1.54) is 6.07 Å². The molecule has 0 aliphatic heterocycles. The lowest BCUT2D eigenvalue weighted by atomic mass is 9.98. The van der Waals surface area contributed by atoms with Gasteiger partial charge in [0.2, 0.25) is 0 Å². The molecule has 0 heterocycles. The molecule has 1 unspecified atom stereocenters. The second kappa shape index (κ2) is 6.90. The predicted octanol–water partition coefficient (Wildman–Crippen LogP) is 5.59. The van der Waals surface area contributed by atoms with Crippen LogP contribution in [0.1, 0.15) is 24.1 Å². The number of rotatable bonds is 4. The van der Waals surface area contributed by atoms with Crippen molar-refractivity contribution in [2.45, 2.75) is 13.0 Å². The maximum Gasteiger partial charge on any atom is 0.129 e. The molecular formula is C15H13BrCl2FN. The van der Waals surface area contributed by atoms with Crippen LogP contribution in [0.4, 0.5) is 4.39 Å². The molecule has 1 nitrogen and oxygen atoms in total. The van der Waals surface area contributed by atoms with E-state index in [2.05, 4.69) is 21.2 Å². The van der Waals surface area contributed by atoms with Crippen LogP contribution >= 0.6 is 39.1 Å². The second-order valence-electron chi connectivity index (χ2n) is 4.33. The van der Waals surface area contributed by atoms with Gasteiger partial charge in [0.25, 0.3) is 0 Å². The van der Waals surface area contributed by atoms with Crippen LogP contribution in [-0.2, 0) is 0 Å². The van der Waals surface area contributed by atoms with Crippen LogP contribution in [0.15, 0.2) is 40.9 Å². The van der Waals surface area contributed by atoms with Crippen LogP contribution < -0.4 is 5.32 Å². The number of benzene rings is 2. The van der Waals surface area contributed by atoms with Crippen LogP contribution in [0.2, 0.25) is 10.0 Å². The lowest BCUT2D eigenvalue weighted by Crippen LogP contribution is -2.23. The fraction of sp³-hybridized carbons (Fsp3) is 0.200. The van der Waals surface area contributed by atoms with E-state index in [0.717, 1.165) is 5.56 Å². The minimum Gasteiger partial charge on any atom is -0.306 e. The van der Waals surface area contributed by atoms with Crippen LogP contribution in [0.5, 0.6) is 0 Å². The molecule has 0 saturated carbocycles. The van der Waals surface area contributed by atoms with Gasteiger partial charge in [-0.15, -0.1) is 0 Å². The van der Waals surface area contributed by atoms with Gasteiger partial charge in [0.15, 0.2) is 0 Å². The standard InChI is InChI=1S/C15H13BrCl2FN/c1-2-20-15(9-3-6-12(17)13(18)7-9)11-5-4-10(16)8-14(11)19/h3-8,15,20H,2H2,1H3. The third kappa shape index (κ3) is 3.53. The zero-order chi connectivity index (χ0) is 14.7. The van der Waals surface area contributed by atoms with E-state index in [9.17, 15) is 4.39 Å². The molecule has 0 bridgehead atoms. The van der Waals surface area contributed by atoms with Crippen molar-refractivity contribution in [3.63, 3.8) is 0 Å². The molecule has 0 aliphatic carbocycles. The molecule has 2 aromatic rings. The second-order valence-corrected chi connectivity index (χ2v) is 6.06. The van der Waals surface area contributed by atoms with Crippen molar-refractivity contribution in [1.82, 2.24) is 5.32 Å². The molecule has 5 heteroatoms. The molecule has 1 N–H and O–H groups in total. The Kier molecular flexibility index (Phi) is 5.44. The summed E-state index contributed by atoms with van der Waals surface area (Å²) in [5, 5.41) is 4.22. The summed E-state index contributed by atoms with van der Waals surface area (Å²) in [6, 6.07) is 10.1. The molecule has 2 rings (SSSR count). The Labute approximate surface area is 136 Å². The molecule has 0 spiro atoms. The van der Waals surface area contributed by atoms with Crippen LogP contribution in [0, 0.1) is 5.82 Å². The fourth-order valence-corrected chi connectivity index (χ4v) is 2.68. The normalized spacial score (nSPS) is 12.4. The summed E-state index contributed by atoms with van der Waals surface area (Å²) in [6.45, 7) is 2.68. The van der Waals surface area contributed by atoms with E-state index in [1.54, 1.807) is 18.2 Å². The summed E-state index contributed by atoms with van der Waals surface area (Å²) >= 11 is 15.2. The van der Waals surface area contributed by atoms with Crippen molar-refractivity contribution < 1.29 is 4.39 Å². The van der Waals surface area contributed by atoms with E-state index in [-0.39, 0.29) is 11.9 Å². The third-order valence-electron chi connectivity index (χ3n) is 2.96. The molecule has 106 valence electrons. The lowest BCUT2D eigenvalue weighted by molar-refractivity contribution is 0.558. The van der Waals surface area contributed by atoms with Crippen LogP contribution in [0.25, 0.3) is 0 Å². The zero-order valence-electron chi connectivity index (χ0n) is 10.8. The molecule has 20 heavy (non-hydrogen) atoms. The summed E-state index contributed by atoms with van der Waals surface area (Å²) in [5.41, 5.74) is 1.45. The monoisotopic (exact) mass is 375 g/mol. The Bertz CT molecular complexity index is 619.